The Hall–Kier alpha value is -7.76. The summed E-state index contributed by atoms with van der Waals surface area (Å²) in [6.07, 6.45) is 0. The van der Waals surface area contributed by atoms with Crippen molar-refractivity contribution in [3.8, 4) is 23.0 Å². The first-order valence-corrected chi connectivity index (χ1v) is 24.6. The second kappa shape index (κ2) is 19.2. The van der Waals surface area contributed by atoms with Gasteiger partial charge < -0.3 is 24.6 Å². The number of hydrogen-bond donors (Lipinski definition) is 3. The van der Waals surface area contributed by atoms with Gasteiger partial charge in [0, 0.05) is 24.5 Å². The van der Waals surface area contributed by atoms with Gasteiger partial charge in [-0.3, -0.25) is 38.3 Å². The van der Waals surface area contributed by atoms with Crippen molar-refractivity contribution in [2.24, 2.45) is 10.2 Å². The van der Waals surface area contributed by atoms with Crippen molar-refractivity contribution in [1.82, 2.24) is 14.1 Å². The Kier molecular flexibility index (Phi) is 13.4. The maximum absolute atomic E-state index is 14.6. The van der Waals surface area contributed by atoms with Crippen molar-refractivity contribution in [2.75, 3.05) is 39.7 Å². The largest absolute Gasteiger partial charge is 0.505 e. The molecule has 8 rings (SSSR count). The zero-order valence-corrected chi connectivity index (χ0v) is 40.6. The minimum Gasteiger partial charge on any atom is -0.505 e. The summed E-state index contributed by atoms with van der Waals surface area (Å²) < 4.78 is 83.1. The molecule has 0 unspecified atom stereocenters. The van der Waals surface area contributed by atoms with Crippen LogP contribution in [0.15, 0.2) is 111 Å². The van der Waals surface area contributed by atoms with Gasteiger partial charge in [0.25, 0.3) is 39.7 Å². The van der Waals surface area contributed by atoms with Crippen LogP contribution in [0.3, 0.4) is 0 Å². The lowest BCUT2D eigenvalue weighted by molar-refractivity contribution is 0.0617. The topological polar surface area (TPSA) is 268 Å². The summed E-state index contributed by atoms with van der Waals surface area (Å²) in [5.74, 6) is -5.12. The van der Waals surface area contributed by atoms with E-state index < -0.39 is 90.0 Å². The quantitative estimate of drug-likeness (QED) is 0.0475. The van der Waals surface area contributed by atoms with Crippen LogP contribution in [0.2, 0.25) is 5.02 Å². The van der Waals surface area contributed by atoms with Gasteiger partial charge in [-0.25, -0.2) is 8.42 Å². The summed E-state index contributed by atoms with van der Waals surface area (Å²) in [6, 6.07) is 20.0. The van der Waals surface area contributed by atoms with Gasteiger partial charge in [-0.05, 0) is 77.2 Å². The fourth-order valence-corrected chi connectivity index (χ4v) is 10.9. The van der Waals surface area contributed by atoms with E-state index in [0.717, 1.165) is 28.0 Å². The number of carbonyl (C=O) groups excluding carboxylic acids is 5. The fourth-order valence-electron chi connectivity index (χ4n) is 8.40. The zero-order valence-electron chi connectivity index (χ0n) is 38.2. The molecule has 3 N–H and O–H groups in total. The van der Waals surface area contributed by atoms with E-state index in [4.69, 9.17) is 25.8 Å². The number of phenols is 1. The van der Waals surface area contributed by atoms with Crippen molar-refractivity contribution in [2.45, 2.75) is 36.7 Å². The summed E-state index contributed by atoms with van der Waals surface area (Å²) in [6.45, 7) is 2.08. The second-order valence-corrected chi connectivity index (χ2v) is 19.5. The predicted octanol–water partition coefficient (Wildman–Crippen LogP) is 7.76. The van der Waals surface area contributed by atoms with Gasteiger partial charge in [0.15, 0.2) is 5.75 Å². The van der Waals surface area contributed by atoms with Crippen LogP contribution in [0.25, 0.3) is 10.8 Å². The number of benzene rings is 6. The van der Waals surface area contributed by atoms with E-state index >= 15 is 0 Å². The molecule has 2 aliphatic rings. The van der Waals surface area contributed by atoms with Crippen LogP contribution in [0, 0.1) is 0 Å². The molecule has 0 saturated carbocycles. The number of phenolic OH excluding ortho intramolecular Hbond substituents is 1. The molecule has 6 aromatic rings. The van der Waals surface area contributed by atoms with E-state index in [1.54, 1.807) is 13.8 Å². The molecule has 20 nitrogen and oxygen atoms in total. The number of amides is 5. The number of methoxy groups -OCH3 is 3. The van der Waals surface area contributed by atoms with Crippen molar-refractivity contribution >= 4 is 89.1 Å². The lowest BCUT2D eigenvalue weighted by Crippen LogP contribution is -2.32. The summed E-state index contributed by atoms with van der Waals surface area (Å²) in [5, 5.41) is 22.3. The average Bonchev–Trinajstić information content (AvgIpc) is 3.73. The summed E-state index contributed by atoms with van der Waals surface area (Å²) in [7, 11) is -5.69. The third-order valence-corrected chi connectivity index (χ3v) is 15.2. The number of imide groups is 2. The van der Waals surface area contributed by atoms with Crippen molar-refractivity contribution in [3.05, 3.63) is 135 Å². The molecule has 0 radical (unpaired) electrons. The Morgan fingerprint density at radius 1 is 0.704 bits per heavy atom. The van der Waals surface area contributed by atoms with E-state index in [0.29, 0.717) is 0 Å². The smallest absolute Gasteiger partial charge is 0.295 e. The average molecular weight is 1030 g/mol. The normalized spacial score (nSPS) is 13.7. The van der Waals surface area contributed by atoms with Gasteiger partial charge in [-0.15, -0.1) is 10.2 Å². The van der Waals surface area contributed by atoms with Crippen molar-refractivity contribution in [3.63, 3.8) is 0 Å². The van der Waals surface area contributed by atoms with E-state index in [1.165, 1.54) is 98.4 Å². The number of carbonyl (C=O) groups is 5. The van der Waals surface area contributed by atoms with Crippen molar-refractivity contribution < 1.29 is 64.7 Å². The molecule has 23 heteroatoms. The Morgan fingerprint density at radius 3 is 1.75 bits per heavy atom. The number of anilines is 1. The first-order chi connectivity index (χ1) is 33.8. The number of nitrogens with one attached hydrogen (secondary N) is 1. The molecule has 0 aromatic heterocycles. The van der Waals surface area contributed by atoms with Crippen molar-refractivity contribution in [1.29, 1.82) is 0 Å². The Bertz CT molecular complexity index is 3480. The lowest BCUT2D eigenvalue weighted by Gasteiger charge is -2.24. The van der Waals surface area contributed by atoms with Crippen LogP contribution in [0.1, 0.15) is 76.8 Å². The number of halogens is 1. The van der Waals surface area contributed by atoms with Gasteiger partial charge >= 0.3 is 0 Å². The molecule has 71 heavy (non-hydrogen) atoms. The predicted molar refractivity (Wildman–Crippen MR) is 257 cm³/mol. The first kappa shape index (κ1) is 49.7. The zero-order chi connectivity index (χ0) is 51.3. The minimum atomic E-state index is -5.46. The highest BCUT2D eigenvalue weighted by atomic mass is 35.5. The van der Waals surface area contributed by atoms with Crippen LogP contribution in [0.5, 0.6) is 23.0 Å². The monoisotopic (exact) mass is 1020 g/mol. The Labute approximate surface area is 410 Å². The maximum atomic E-state index is 14.6. The molecule has 0 saturated heterocycles. The van der Waals surface area contributed by atoms with Crippen LogP contribution < -0.4 is 19.5 Å². The maximum Gasteiger partial charge on any atom is 0.295 e. The highest BCUT2D eigenvalue weighted by Gasteiger charge is 2.40. The third kappa shape index (κ3) is 8.80. The number of ether oxygens (including phenoxy) is 3. The third-order valence-electron chi connectivity index (χ3n) is 11.9. The van der Waals surface area contributed by atoms with Crippen LogP contribution in [-0.2, 0) is 33.2 Å². The molecule has 0 fully saturated rings. The molecular weight excluding hydrogens is 984 g/mol. The molecule has 5 amide bonds. The molecule has 0 spiro atoms. The Balaban J connectivity index is 1.44. The van der Waals surface area contributed by atoms with Crippen LogP contribution in [-0.4, -0.2) is 105 Å². The van der Waals surface area contributed by atoms with Gasteiger partial charge in [0.05, 0.1) is 77.8 Å². The Morgan fingerprint density at radius 2 is 1.24 bits per heavy atom. The highest BCUT2D eigenvalue weighted by Crippen LogP contribution is 2.47. The standard InChI is InChI=1S/C48H41ClN6O14S2/c1-6-53(7-2)70(62,63)26-16-17-37(67-3)36(19-26)51-52-42-41-31(20-32(43(42)56)44(57)50-35-21-34(49)38(68-4)22-39(35)69-5)33(24-55-47(60)29-14-10-11-15-30(29)48(55)61)25(18-40(41)71(64,65)66)23-54-45(58)27-12-8-9-13-28(27)46(54)59/h8-22,56H,6-7,23-24H2,1-5H3,(H,50,57)(H,64,65,66). The number of hydrogen-bond acceptors (Lipinski definition) is 15. The number of sulfonamides is 1. The number of aromatic hydroxyl groups is 1. The molecule has 366 valence electrons. The SMILES string of the molecule is CCN(CC)S(=O)(=O)c1ccc(OC)c(N=Nc2c(O)c(C(=O)Nc3cc(Cl)c(OC)cc3OC)cc3c(CN4C(=O)c5ccccc5C4=O)c(CN4C(=O)c5ccccc5C4=O)cc(S(=O)(=O)O)c23)c1. The summed E-state index contributed by atoms with van der Waals surface area (Å²) in [5.41, 5.74) is -2.04. The molecule has 0 aliphatic carbocycles. The van der Waals surface area contributed by atoms with E-state index in [1.807, 2.05) is 0 Å². The molecule has 2 aliphatic heterocycles. The van der Waals surface area contributed by atoms with E-state index in [9.17, 15) is 50.5 Å². The van der Waals surface area contributed by atoms with Gasteiger partial charge in [-0.1, -0.05) is 49.7 Å². The van der Waals surface area contributed by atoms with Crippen LogP contribution in [0.4, 0.5) is 17.1 Å². The molecule has 6 aromatic carbocycles. The van der Waals surface area contributed by atoms with Gasteiger partial charge in [0.2, 0.25) is 10.0 Å². The number of azo groups is 1. The molecular formula is C48H41ClN6O14S2. The summed E-state index contributed by atoms with van der Waals surface area (Å²) >= 11 is 6.42. The molecule has 2 heterocycles. The van der Waals surface area contributed by atoms with E-state index in [-0.39, 0.29) is 90.4 Å². The van der Waals surface area contributed by atoms with E-state index in [2.05, 4.69) is 15.5 Å². The molecule has 0 bridgehead atoms. The number of rotatable bonds is 16. The first-order valence-electron chi connectivity index (χ1n) is 21.3. The summed E-state index contributed by atoms with van der Waals surface area (Å²) in [4.78, 5) is 70.8. The highest BCUT2D eigenvalue weighted by molar-refractivity contribution is 7.89. The van der Waals surface area contributed by atoms with Gasteiger partial charge in [0.1, 0.15) is 33.5 Å². The minimum absolute atomic E-state index is 0.0248. The number of nitrogens with zero attached hydrogens (tertiary/aromatic N) is 5. The second-order valence-electron chi connectivity index (χ2n) is 15.8. The van der Waals surface area contributed by atoms with Crippen LogP contribution >= 0.6 is 11.6 Å². The lowest BCUT2D eigenvalue weighted by atomic mass is 9.94. The number of fused-ring (bicyclic) bond motifs is 3. The van der Waals surface area contributed by atoms with Gasteiger partial charge in [-0.2, -0.15) is 12.7 Å². The fraction of sp³-hybridized carbons (Fsp3) is 0.188. The molecule has 0 atom stereocenters.